The normalized spacial score (nSPS) is 15.9. The number of nitrogens with one attached hydrogen (secondary N) is 1. The number of rotatable bonds is 8. The van der Waals surface area contributed by atoms with Crippen molar-refractivity contribution in [2.24, 2.45) is 0 Å². The summed E-state index contributed by atoms with van der Waals surface area (Å²) in [6.07, 6.45) is 1.60. The van der Waals surface area contributed by atoms with Gasteiger partial charge in [0.2, 0.25) is 0 Å². The average Bonchev–Trinajstić information content (AvgIpc) is 3.69. The van der Waals surface area contributed by atoms with Gasteiger partial charge in [0, 0.05) is 55.8 Å². The lowest BCUT2D eigenvalue weighted by Gasteiger charge is -2.35. The molecule has 1 aliphatic rings. The fourth-order valence-electron chi connectivity index (χ4n) is 5.18. The van der Waals surface area contributed by atoms with Gasteiger partial charge in [0.25, 0.3) is 10.0 Å². The smallest absolute Gasteiger partial charge is 0.252 e. The first kappa shape index (κ1) is 27.9. The fourth-order valence-corrected chi connectivity index (χ4v) is 8.96. The SMILES string of the molecule is Cc1cc(-c2ccc(S(=O)(=O)N3CCN(CC(C)Nc4ncnc5c(-c6sc(C)nc6C)cccc45)CC3)s2)on1. The van der Waals surface area contributed by atoms with Crippen LogP contribution in [0.5, 0.6) is 0 Å². The van der Waals surface area contributed by atoms with Crippen molar-refractivity contribution in [1.82, 2.24) is 29.3 Å². The lowest BCUT2D eigenvalue weighted by molar-refractivity contribution is 0.184. The number of thiophene rings is 1. The molecule has 1 saturated heterocycles. The minimum atomic E-state index is -3.57. The number of hydrogen-bond acceptors (Lipinski definition) is 11. The molecule has 1 N–H and O–H groups in total. The van der Waals surface area contributed by atoms with E-state index in [0.29, 0.717) is 36.1 Å². The third-order valence-electron chi connectivity index (χ3n) is 7.11. The predicted octanol–water partition coefficient (Wildman–Crippen LogP) is 5.20. The number of nitrogens with zero attached hydrogens (tertiary/aromatic N) is 6. The van der Waals surface area contributed by atoms with E-state index in [4.69, 9.17) is 4.52 Å². The highest BCUT2D eigenvalue weighted by atomic mass is 32.2. The van der Waals surface area contributed by atoms with Crippen molar-refractivity contribution in [3.8, 4) is 21.1 Å². The Kier molecular flexibility index (Phi) is 7.64. The zero-order valence-electron chi connectivity index (χ0n) is 23.3. The van der Waals surface area contributed by atoms with Crippen LogP contribution in [0.2, 0.25) is 0 Å². The number of aromatic nitrogens is 4. The van der Waals surface area contributed by atoms with Gasteiger partial charge in [0.15, 0.2) is 5.76 Å². The van der Waals surface area contributed by atoms with Crippen LogP contribution in [0.1, 0.15) is 23.3 Å². The van der Waals surface area contributed by atoms with Crippen molar-refractivity contribution in [2.45, 2.75) is 37.9 Å². The highest BCUT2D eigenvalue weighted by molar-refractivity contribution is 7.91. The summed E-state index contributed by atoms with van der Waals surface area (Å²) in [6.45, 7) is 11.0. The van der Waals surface area contributed by atoms with E-state index in [1.54, 1.807) is 34.1 Å². The molecule has 0 spiro atoms. The minimum Gasteiger partial charge on any atom is -0.366 e. The Labute approximate surface area is 247 Å². The van der Waals surface area contributed by atoms with E-state index in [-0.39, 0.29) is 6.04 Å². The average molecular weight is 610 g/mol. The topological polar surface area (TPSA) is 117 Å². The standard InChI is InChI=1S/C28H31N7O3S3/c1-17-14-23(38-33-17)24-8-9-25(40-24)41(36,37)35-12-10-34(11-13-35)15-18(2)31-28-22-7-5-6-21(26(22)29-16-30-28)27-19(3)32-20(4)39-27/h5-9,14,16,18H,10-13,15H2,1-4H3,(H,29,30,31). The van der Waals surface area contributed by atoms with Gasteiger partial charge in [-0.05, 0) is 45.9 Å². The molecule has 13 heteroatoms. The molecule has 0 radical (unpaired) electrons. The van der Waals surface area contributed by atoms with E-state index >= 15 is 0 Å². The molecule has 6 rings (SSSR count). The van der Waals surface area contributed by atoms with E-state index in [1.807, 2.05) is 39.0 Å². The Bertz CT molecular complexity index is 1800. The van der Waals surface area contributed by atoms with Crippen LogP contribution in [0.25, 0.3) is 32.0 Å². The highest BCUT2D eigenvalue weighted by Crippen LogP contribution is 2.36. The maximum atomic E-state index is 13.3. The van der Waals surface area contributed by atoms with E-state index in [9.17, 15) is 8.42 Å². The van der Waals surface area contributed by atoms with Crippen molar-refractivity contribution in [2.75, 3.05) is 38.0 Å². The molecule has 4 aromatic heterocycles. The van der Waals surface area contributed by atoms with Crippen molar-refractivity contribution >= 4 is 49.4 Å². The second kappa shape index (κ2) is 11.2. The Balaban J connectivity index is 1.10. The van der Waals surface area contributed by atoms with E-state index < -0.39 is 10.0 Å². The van der Waals surface area contributed by atoms with Crippen LogP contribution in [-0.4, -0.2) is 76.5 Å². The molecule has 5 aromatic rings. The predicted molar refractivity (Wildman–Crippen MR) is 163 cm³/mol. The summed E-state index contributed by atoms with van der Waals surface area (Å²) in [5.74, 6) is 1.38. The summed E-state index contributed by atoms with van der Waals surface area (Å²) in [6, 6.07) is 11.5. The summed E-state index contributed by atoms with van der Waals surface area (Å²) in [5, 5.41) is 9.47. The summed E-state index contributed by atoms with van der Waals surface area (Å²) in [7, 11) is -3.57. The van der Waals surface area contributed by atoms with Crippen LogP contribution in [0.4, 0.5) is 5.82 Å². The zero-order valence-corrected chi connectivity index (χ0v) is 25.7. The van der Waals surface area contributed by atoms with Crippen LogP contribution in [0.15, 0.2) is 51.5 Å². The van der Waals surface area contributed by atoms with Crippen LogP contribution >= 0.6 is 22.7 Å². The lowest BCUT2D eigenvalue weighted by atomic mass is 10.1. The van der Waals surface area contributed by atoms with Crippen molar-refractivity contribution in [3.63, 3.8) is 0 Å². The number of para-hydroxylation sites is 1. The maximum absolute atomic E-state index is 13.3. The molecule has 0 amide bonds. The van der Waals surface area contributed by atoms with Gasteiger partial charge in [0.05, 0.1) is 31.7 Å². The second-order valence-corrected chi connectivity index (χ2v) is 14.7. The monoisotopic (exact) mass is 609 g/mol. The van der Waals surface area contributed by atoms with Crippen LogP contribution in [0, 0.1) is 20.8 Å². The van der Waals surface area contributed by atoms with Crippen LogP contribution in [0.3, 0.4) is 0 Å². The van der Waals surface area contributed by atoms with Crippen molar-refractivity contribution < 1.29 is 12.9 Å². The molecular weight excluding hydrogens is 579 g/mol. The second-order valence-electron chi connectivity index (χ2n) is 10.3. The van der Waals surface area contributed by atoms with Crippen molar-refractivity contribution in [3.05, 3.63) is 59.1 Å². The Hall–Kier alpha value is -3.23. The van der Waals surface area contributed by atoms with Crippen molar-refractivity contribution in [1.29, 1.82) is 0 Å². The first-order chi connectivity index (χ1) is 19.7. The van der Waals surface area contributed by atoms with Gasteiger partial charge < -0.3 is 9.84 Å². The van der Waals surface area contributed by atoms with Gasteiger partial charge >= 0.3 is 0 Å². The maximum Gasteiger partial charge on any atom is 0.252 e. The summed E-state index contributed by atoms with van der Waals surface area (Å²) in [4.78, 5) is 17.9. The number of thiazole rings is 1. The number of sulfonamides is 1. The van der Waals surface area contributed by atoms with Gasteiger partial charge in [0.1, 0.15) is 16.4 Å². The minimum absolute atomic E-state index is 0.0949. The number of aryl methyl sites for hydroxylation is 3. The van der Waals surface area contributed by atoms with Gasteiger partial charge in [-0.2, -0.15) is 4.31 Å². The van der Waals surface area contributed by atoms with Gasteiger partial charge in [-0.3, -0.25) is 4.90 Å². The largest absolute Gasteiger partial charge is 0.366 e. The molecule has 1 unspecified atom stereocenters. The molecule has 1 atom stereocenters. The molecule has 0 aliphatic carbocycles. The lowest BCUT2D eigenvalue weighted by Crippen LogP contribution is -2.50. The summed E-state index contributed by atoms with van der Waals surface area (Å²) < 4.78 is 33.8. The Morgan fingerprint density at radius 3 is 2.56 bits per heavy atom. The third kappa shape index (κ3) is 5.64. The van der Waals surface area contributed by atoms with Gasteiger partial charge in [-0.15, -0.1) is 22.7 Å². The molecule has 41 heavy (non-hydrogen) atoms. The molecule has 0 saturated carbocycles. The van der Waals surface area contributed by atoms with Crippen LogP contribution in [-0.2, 0) is 10.0 Å². The molecule has 1 aromatic carbocycles. The quantitative estimate of drug-likeness (QED) is 0.253. The molecule has 1 fully saturated rings. The number of hydrogen-bond donors (Lipinski definition) is 1. The fraction of sp³-hybridized carbons (Fsp3) is 0.357. The summed E-state index contributed by atoms with van der Waals surface area (Å²) in [5.41, 5.74) is 3.73. The third-order valence-corrected chi connectivity index (χ3v) is 11.7. The number of anilines is 1. The van der Waals surface area contributed by atoms with Crippen LogP contribution < -0.4 is 5.32 Å². The molecule has 5 heterocycles. The zero-order chi connectivity index (χ0) is 28.7. The molecule has 214 valence electrons. The molecule has 10 nitrogen and oxygen atoms in total. The Morgan fingerprint density at radius 1 is 1.05 bits per heavy atom. The van der Waals surface area contributed by atoms with E-state index in [0.717, 1.165) is 55.0 Å². The molecule has 1 aliphatic heterocycles. The van der Waals surface area contributed by atoms with E-state index in [1.165, 1.54) is 11.3 Å². The number of piperazine rings is 1. The summed E-state index contributed by atoms with van der Waals surface area (Å²) >= 11 is 2.89. The number of fused-ring (bicyclic) bond motifs is 1. The highest BCUT2D eigenvalue weighted by Gasteiger charge is 2.30. The van der Waals surface area contributed by atoms with E-state index in [2.05, 4.69) is 43.3 Å². The molecular formula is C28H31N7O3S3. The van der Waals surface area contributed by atoms with Gasteiger partial charge in [-0.1, -0.05) is 17.3 Å². The van der Waals surface area contributed by atoms with Gasteiger partial charge in [-0.25, -0.2) is 23.4 Å². The number of benzene rings is 1. The first-order valence-electron chi connectivity index (χ1n) is 13.4. The Morgan fingerprint density at radius 2 is 1.85 bits per heavy atom. The molecule has 0 bridgehead atoms. The first-order valence-corrected chi connectivity index (χ1v) is 16.5.